The second-order valence-electron chi connectivity index (χ2n) is 12.1. The predicted octanol–water partition coefficient (Wildman–Crippen LogP) is 4.70. The molecule has 1 saturated carbocycles. The van der Waals surface area contributed by atoms with Crippen molar-refractivity contribution in [3.05, 3.63) is 70.8 Å². The van der Waals surface area contributed by atoms with Gasteiger partial charge >= 0.3 is 18.0 Å². The van der Waals surface area contributed by atoms with E-state index in [-0.39, 0.29) is 60.1 Å². The van der Waals surface area contributed by atoms with Crippen LogP contribution in [0.3, 0.4) is 0 Å². The Labute approximate surface area is 256 Å². The minimum absolute atomic E-state index is 0.0107. The molecule has 9 nitrogen and oxygen atoms in total. The van der Waals surface area contributed by atoms with Crippen molar-refractivity contribution in [2.45, 2.75) is 85.4 Å². The molecule has 0 bridgehead atoms. The number of nitrogens with one attached hydrogen (secondary N) is 1. The van der Waals surface area contributed by atoms with Crippen LogP contribution in [0.4, 0.5) is 35.1 Å². The zero-order valence-corrected chi connectivity index (χ0v) is 24.9. The maximum absolute atomic E-state index is 15.0. The Bertz CT molecular complexity index is 1740. The third-order valence-electron chi connectivity index (χ3n) is 8.57. The second-order valence-corrected chi connectivity index (χ2v) is 14.3. The lowest BCUT2D eigenvalue weighted by molar-refractivity contribution is -0.348. The number of rotatable bonds is 7. The number of halogens is 8. The molecule has 1 heterocycles. The lowest BCUT2D eigenvalue weighted by atomic mass is 9.74. The monoisotopic (exact) mass is 681 g/mol. The minimum atomic E-state index is -6.38. The third kappa shape index (κ3) is 5.32. The molecule has 2 aromatic carbocycles. The Balaban J connectivity index is 1.61. The van der Waals surface area contributed by atoms with Crippen LogP contribution in [0.1, 0.15) is 60.4 Å². The zero-order valence-electron chi connectivity index (χ0n) is 24.1. The molecule has 46 heavy (non-hydrogen) atoms. The largest absolute Gasteiger partial charge is 0.435 e. The minimum Gasteiger partial charge on any atom is -0.389 e. The number of benzene rings is 2. The van der Waals surface area contributed by atoms with E-state index < -0.39 is 67.5 Å². The van der Waals surface area contributed by atoms with E-state index in [2.05, 4.69) is 20.8 Å². The molecule has 2 aliphatic rings. The van der Waals surface area contributed by atoms with E-state index in [4.69, 9.17) is 0 Å². The predicted molar refractivity (Wildman–Crippen MR) is 143 cm³/mol. The molecule has 0 saturated heterocycles. The average Bonchev–Trinajstić information content (AvgIpc) is 3.55. The summed E-state index contributed by atoms with van der Waals surface area (Å²) in [4.78, 5) is 12.9. The molecule has 18 heteroatoms. The standard InChI is InChI=1S/C28H27F8N5O4S/c1-24(2,43)14-41-22(38-39-40-41)23(42)37-21-11-12-25(46(44,45)18-7-5-17(29)6-8-18)19-10-4-16(13-15(19)3-9-20(21)25)26(30,27(31,32)33)28(34,35)36/h4-8,10,13,20-21,43H,3,9,11-12,14H2,1-2H3,(H,37,42)/t20-,21+,25+/m0/s1. The van der Waals surface area contributed by atoms with Crippen molar-refractivity contribution < 1.29 is 53.4 Å². The first-order valence-corrected chi connectivity index (χ1v) is 15.4. The Hall–Kier alpha value is -3.67. The van der Waals surface area contributed by atoms with Gasteiger partial charge in [-0.15, -0.1) is 5.10 Å². The normalized spacial score (nSPS) is 22.3. The fourth-order valence-electron chi connectivity index (χ4n) is 6.63. The van der Waals surface area contributed by atoms with E-state index in [1.54, 1.807) is 0 Å². The SMILES string of the molecule is CC(C)(O)Cn1nnnc1C(=O)N[C@@H]1CC[C@@]2(S(=O)(=O)c3ccc(F)cc3)c3ccc(C(F)(C(F)(F)F)C(F)(F)F)cc3CC[C@@H]12. The summed E-state index contributed by atoms with van der Waals surface area (Å²) >= 11 is 0. The van der Waals surface area contributed by atoms with Gasteiger partial charge in [0.15, 0.2) is 9.84 Å². The van der Waals surface area contributed by atoms with Crippen LogP contribution in [0.5, 0.6) is 0 Å². The van der Waals surface area contributed by atoms with Gasteiger partial charge in [0.05, 0.1) is 17.0 Å². The number of hydrogen-bond donors (Lipinski definition) is 2. The summed E-state index contributed by atoms with van der Waals surface area (Å²) in [6, 6.07) is 4.25. The van der Waals surface area contributed by atoms with E-state index in [0.29, 0.717) is 6.07 Å². The maximum atomic E-state index is 15.0. The number of sulfone groups is 1. The van der Waals surface area contributed by atoms with Crippen LogP contribution in [-0.4, -0.2) is 63.6 Å². The summed E-state index contributed by atoms with van der Waals surface area (Å²) < 4.78 is 138. The van der Waals surface area contributed by atoms with E-state index >= 15 is 0 Å². The van der Waals surface area contributed by atoms with Crippen LogP contribution < -0.4 is 5.32 Å². The van der Waals surface area contributed by atoms with Crippen LogP contribution >= 0.6 is 0 Å². The summed E-state index contributed by atoms with van der Waals surface area (Å²) in [5.41, 5.74) is -9.19. The fraction of sp³-hybridized carbons (Fsp3) is 0.500. The van der Waals surface area contributed by atoms with Gasteiger partial charge in [0.2, 0.25) is 5.82 Å². The molecular weight excluding hydrogens is 654 g/mol. The number of carbonyl (C=O) groups is 1. The fourth-order valence-corrected chi connectivity index (χ4v) is 9.10. The molecule has 250 valence electrons. The number of aryl methyl sites for hydroxylation is 1. The van der Waals surface area contributed by atoms with Gasteiger partial charge < -0.3 is 10.4 Å². The number of fused-ring (bicyclic) bond motifs is 3. The Morgan fingerprint density at radius 2 is 1.65 bits per heavy atom. The molecule has 0 unspecified atom stereocenters. The van der Waals surface area contributed by atoms with Gasteiger partial charge in [0.1, 0.15) is 10.6 Å². The molecule has 2 N–H and O–H groups in total. The zero-order chi connectivity index (χ0) is 34.1. The highest BCUT2D eigenvalue weighted by Gasteiger charge is 2.73. The number of carbonyl (C=O) groups excluding carboxylic acids is 1. The first kappa shape index (κ1) is 33.7. The van der Waals surface area contributed by atoms with Gasteiger partial charge in [-0.2, -0.15) is 26.3 Å². The lowest BCUT2D eigenvalue weighted by Gasteiger charge is -2.43. The summed E-state index contributed by atoms with van der Waals surface area (Å²) in [7, 11) is -4.59. The van der Waals surface area contributed by atoms with Gasteiger partial charge in [0, 0.05) is 17.5 Å². The van der Waals surface area contributed by atoms with Crippen molar-refractivity contribution in [3.8, 4) is 0 Å². The van der Waals surface area contributed by atoms with Crippen molar-refractivity contribution >= 4 is 15.7 Å². The first-order chi connectivity index (χ1) is 21.1. The van der Waals surface area contributed by atoms with Crippen molar-refractivity contribution in [2.24, 2.45) is 5.92 Å². The van der Waals surface area contributed by atoms with Crippen LogP contribution in [0, 0.1) is 11.7 Å². The number of nitrogens with zero attached hydrogens (tertiary/aromatic N) is 4. The summed E-state index contributed by atoms with van der Waals surface area (Å²) in [6.07, 6.45) is -13.4. The first-order valence-electron chi connectivity index (χ1n) is 13.9. The number of hydrogen-bond acceptors (Lipinski definition) is 7. The van der Waals surface area contributed by atoms with E-state index in [9.17, 15) is 53.4 Å². The average molecular weight is 682 g/mol. The van der Waals surface area contributed by atoms with Crippen LogP contribution in [0.2, 0.25) is 0 Å². The van der Waals surface area contributed by atoms with Crippen LogP contribution in [0.15, 0.2) is 47.4 Å². The number of alkyl halides is 7. The van der Waals surface area contributed by atoms with Crippen molar-refractivity contribution in [3.63, 3.8) is 0 Å². The summed E-state index contributed by atoms with van der Waals surface area (Å²) in [5, 5.41) is 23.7. The molecule has 2 aliphatic carbocycles. The van der Waals surface area contributed by atoms with Gasteiger partial charge in [-0.05, 0) is 85.3 Å². The van der Waals surface area contributed by atoms with Crippen molar-refractivity contribution in [2.75, 3.05) is 0 Å². The molecule has 3 atom stereocenters. The lowest BCUT2D eigenvalue weighted by Crippen LogP contribution is -2.51. The molecule has 3 aromatic rings. The van der Waals surface area contributed by atoms with Gasteiger partial charge in [-0.1, -0.05) is 18.2 Å². The number of aromatic nitrogens is 4. The summed E-state index contributed by atoms with van der Waals surface area (Å²) in [5.74, 6) is -2.88. The topological polar surface area (TPSA) is 127 Å². The number of aliphatic hydroxyl groups is 1. The molecule has 1 aromatic heterocycles. The van der Waals surface area contributed by atoms with E-state index in [1.165, 1.54) is 13.8 Å². The maximum Gasteiger partial charge on any atom is 0.435 e. The Morgan fingerprint density at radius 3 is 2.24 bits per heavy atom. The highest BCUT2D eigenvalue weighted by molar-refractivity contribution is 7.92. The Kier molecular flexibility index (Phi) is 8.02. The molecule has 0 spiro atoms. The van der Waals surface area contributed by atoms with Gasteiger partial charge in [-0.25, -0.2) is 21.9 Å². The van der Waals surface area contributed by atoms with Gasteiger partial charge in [0.25, 0.3) is 5.91 Å². The highest BCUT2D eigenvalue weighted by Crippen LogP contribution is 2.59. The van der Waals surface area contributed by atoms with Crippen molar-refractivity contribution in [1.29, 1.82) is 0 Å². The molecule has 1 fully saturated rings. The van der Waals surface area contributed by atoms with E-state index in [1.807, 2.05) is 0 Å². The smallest absolute Gasteiger partial charge is 0.389 e. The summed E-state index contributed by atoms with van der Waals surface area (Å²) in [6.45, 7) is 2.72. The van der Waals surface area contributed by atoms with Gasteiger partial charge in [-0.3, -0.25) is 4.79 Å². The van der Waals surface area contributed by atoms with Crippen LogP contribution in [0.25, 0.3) is 0 Å². The third-order valence-corrected chi connectivity index (χ3v) is 11.1. The van der Waals surface area contributed by atoms with Crippen LogP contribution in [-0.2, 0) is 33.2 Å². The molecular formula is C28H27F8N5O4S. The quantitative estimate of drug-likeness (QED) is 0.274. The van der Waals surface area contributed by atoms with E-state index in [0.717, 1.165) is 35.0 Å². The molecule has 0 aliphatic heterocycles. The molecule has 0 radical (unpaired) electrons. The Morgan fingerprint density at radius 1 is 1.02 bits per heavy atom. The molecule has 1 amide bonds. The second kappa shape index (κ2) is 11.0. The van der Waals surface area contributed by atoms with Crippen molar-refractivity contribution in [1.82, 2.24) is 25.5 Å². The number of tetrazole rings is 1. The molecule has 5 rings (SSSR count). The number of amides is 1. The highest BCUT2D eigenvalue weighted by atomic mass is 32.2.